The van der Waals surface area contributed by atoms with Crippen molar-refractivity contribution in [1.82, 2.24) is 20.0 Å². The summed E-state index contributed by atoms with van der Waals surface area (Å²) in [6.45, 7) is 11.7. The zero-order chi connectivity index (χ0) is 25.7. The molecule has 198 valence electrons. The van der Waals surface area contributed by atoms with Crippen molar-refractivity contribution in [3.05, 3.63) is 35.4 Å². The van der Waals surface area contributed by atoms with Gasteiger partial charge >= 0.3 is 0 Å². The first-order valence-corrected chi connectivity index (χ1v) is 13.6. The average Bonchev–Trinajstić information content (AvgIpc) is 2.89. The number of hydrogen-bond acceptors (Lipinski definition) is 5. The number of nitrogens with one attached hydrogen (secondary N) is 1. The molecule has 1 atom stereocenters. The zero-order valence-corrected chi connectivity index (χ0v) is 22.1. The standard InChI is InChI=1S/C28H42N4O4/c1-4-5-12-32-26(34)24(19-21(2)3)29-27(35)28(32)10-13-30(14-11-28)20-22-6-8-23(9-7-22)25(33)31-15-17-36-18-16-31/h6-9,21,24H,4-5,10-20H2,1-3H3,(H,29,35)/t24-/m0/s1. The van der Waals surface area contributed by atoms with Crippen molar-refractivity contribution >= 4 is 17.7 Å². The number of benzene rings is 1. The number of piperidine rings is 1. The van der Waals surface area contributed by atoms with Gasteiger partial charge in [0.1, 0.15) is 11.6 Å². The van der Waals surface area contributed by atoms with Crippen LogP contribution in [0.15, 0.2) is 24.3 Å². The number of hydrogen-bond donors (Lipinski definition) is 1. The molecule has 1 aromatic carbocycles. The van der Waals surface area contributed by atoms with Gasteiger partial charge in [0.25, 0.3) is 5.91 Å². The molecule has 3 amide bonds. The molecular weight excluding hydrogens is 456 g/mol. The molecule has 3 saturated heterocycles. The van der Waals surface area contributed by atoms with Crippen LogP contribution in [0.2, 0.25) is 0 Å². The monoisotopic (exact) mass is 498 g/mol. The lowest BCUT2D eigenvalue weighted by Gasteiger charge is -2.52. The fraction of sp³-hybridized carbons (Fsp3) is 0.679. The van der Waals surface area contributed by atoms with Crippen LogP contribution in [-0.4, -0.2) is 89.9 Å². The Kier molecular flexibility index (Phi) is 8.67. The summed E-state index contributed by atoms with van der Waals surface area (Å²) in [5.41, 5.74) is 1.12. The lowest BCUT2D eigenvalue weighted by atomic mass is 9.80. The maximum Gasteiger partial charge on any atom is 0.254 e. The van der Waals surface area contributed by atoms with Gasteiger partial charge in [-0.1, -0.05) is 39.3 Å². The lowest BCUT2D eigenvalue weighted by Crippen LogP contribution is -2.73. The van der Waals surface area contributed by atoms with E-state index in [9.17, 15) is 14.4 Å². The van der Waals surface area contributed by atoms with E-state index in [0.29, 0.717) is 63.6 Å². The van der Waals surface area contributed by atoms with Crippen molar-refractivity contribution in [3.63, 3.8) is 0 Å². The number of amides is 3. The first-order chi connectivity index (χ1) is 17.3. The number of likely N-dealkylation sites (tertiary alicyclic amines) is 1. The minimum Gasteiger partial charge on any atom is -0.378 e. The molecule has 3 aliphatic heterocycles. The van der Waals surface area contributed by atoms with E-state index in [-0.39, 0.29) is 17.7 Å². The molecule has 1 N–H and O–H groups in total. The quantitative estimate of drug-likeness (QED) is 0.596. The van der Waals surface area contributed by atoms with E-state index in [2.05, 4.69) is 31.0 Å². The van der Waals surface area contributed by atoms with E-state index < -0.39 is 11.6 Å². The van der Waals surface area contributed by atoms with Gasteiger partial charge in [-0.2, -0.15) is 0 Å². The smallest absolute Gasteiger partial charge is 0.254 e. The van der Waals surface area contributed by atoms with Crippen LogP contribution in [0.25, 0.3) is 0 Å². The molecule has 1 aromatic rings. The zero-order valence-electron chi connectivity index (χ0n) is 22.1. The largest absolute Gasteiger partial charge is 0.378 e. The Morgan fingerprint density at radius 1 is 1.08 bits per heavy atom. The second-order valence-corrected chi connectivity index (χ2v) is 10.9. The molecule has 3 heterocycles. The predicted molar refractivity (Wildman–Crippen MR) is 138 cm³/mol. The summed E-state index contributed by atoms with van der Waals surface area (Å²) in [5.74, 6) is 0.514. The fourth-order valence-corrected chi connectivity index (χ4v) is 5.69. The van der Waals surface area contributed by atoms with Gasteiger partial charge in [-0.3, -0.25) is 19.3 Å². The van der Waals surface area contributed by atoms with Gasteiger partial charge < -0.3 is 19.9 Å². The highest BCUT2D eigenvalue weighted by atomic mass is 16.5. The molecule has 1 spiro atoms. The van der Waals surface area contributed by atoms with Gasteiger partial charge in [0, 0.05) is 44.8 Å². The summed E-state index contributed by atoms with van der Waals surface area (Å²) in [5, 5.41) is 3.08. The Morgan fingerprint density at radius 3 is 2.36 bits per heavy atom. The highest BCUT2D eigenvalue weighted by molar-refractivity contribution is 6.00. The van der Waals surface area contributed by atoms with Gasteiger partial charge in [0.2, 0.25) is 11.8 Å². The minimum atomic E-state index is -0.731. The van der Waals surface area contributed by atoms with Crippen LogP contribution in [0.1, 0.15) is 68.8 Å². The van der Waals surface area contributed by atoms with Crippen LogP contribution in [0.3, 0.4) is 0 Å². The van der Waals surface area contributed by atoms with Gasteiger partial charge in [-0.05, 0) is 49.3 Å². The Balaban J connectivity index is 1.38. The number of ether oxygens (including phenoxy) is 1. The summed E-state index contributed by atoms with van der Waals surface area (Å²) in [4.78, 5) is 45.7. The molecule has 3 fully saturated rings. The topological polar surface area (TPSA) is 82.2 Å². The van der Waals surface area contributed by atoms with Crippen molar-refractivity contribution in [3.8, 4) is 0 Å². The van der Waals surface area contributed by atoms with Crippen LogP contribution in [-0.2, 0) is 20.9 Å². The predicted octanol–water partition coefficient (Wildman–Crippen LogP) is 2.67. The number of unbranched alkanes of at least 4 members (excludes halogenated alkanes) is 1. The van der Waals surface area contributed by atoms with Crippen molar-refractivity contribution in [1.29, 1.82) is 0 Å². The molecule has 3 aliphatic rings. The number of carbonyl (C=O) groups excluding carboxylic acids is 3. The number of carbonyl (C=O) groups is 3. The van der Waals surface area contributed by atoms with Crippen molar-refractivity contribution in [2.75, 3.05) is 45.9 Å². The number of piperazine rings is 1. The second-order valence-electron chi connectivity index (χ2n) is 10.9. The summed E-state index contributed by atoms with van der Waals surface area (Å²) >= 11 is 0. The van der Waals surface area contributed by atoms with Crippen LogP contribution in [0.5, 0.6) is 0 Å². The first kappa shape index (κ1) is 26.6. The Labute approximate surface area is 215 Å². The van der Waals surface area contributed by atoms with Gasteiger partial charge in [-0.25, -0.2) is 0 Å². The van der Waals surface area contributed by atoms with E-state index in [4.69, 9.17) is 4.74 Å². The van der Waals surface area contributed by atoms with Crippen LogP contribution >= 0.6 is 0 Å². The Bertz CT molecular complexity index is 918. The molecule has 0 bridgehead atoms. The van der Waals surface area contributed by atoms with Gasteiger partial charge in [0.05, 0.1) is 13.2 Å². The van der Waals surface area contributed by atoms with E-state index in [0.717, 1.165) is 38.0 Å². The van der Waals surface area contributed by atoms with Crippen molar-refractivity contribution in [2.24, 2.45) is 5.92 Å². The number of morpholine rings is 1. The van der Waals surface area contributed by atoms with E-state index >= 15 is 0 Å². The normalized spacial score (nSPS) is 22.8. The van der Waals surface area contributed by atoms with Crippen LogP contribution < -0.4 is 5.32 Å². The number of nitrogens with zero attached hydrogens (tertiary/aromatic N) is 3. The minimum absolute atomic E-state index is 0.0227. The third-order valence-electron chi connectivity index (χ3n) is 7.84. The third kappa shape index (κ3) is 5.75. The molecule has 0 unspecified atom stereocenters. The van der Waals surface area contributed by atoms with Crippen molar-refractivity contribution < 1.29 is 19.1 Å². The van der Waals surface area contributed by atoms with Crippen molar-refractivity contribution in [2.45, 2.75) is 71.0 Å². The highest BCUT2D eigenvalue weighted by Crippen LogP contribution is 2.34. The van der Waals surface area contributed by atoms with Crippen LogP contribution in [0.4, 0.5) is 0 Å². The molecule has 0 aromatic heterocycles. The van der Waals surface area contributed by atoms with E-state index in [1.165, 1.54) is 0 Å². The summed E-state index contributed by atoms with van der Waals surface area (Å²) in [6, 6.07) is 7.47. The molecular formula is C28H42N4O4. The fourth-order valence-electron chi connectivity index (χ4n) is 5.69. The molecule has 0 aliphatic carbocycles. The molecule has 4 rings (SSSR count). The Morgan fingerprint density at radius 2 is 1.75 bits per heavy atom. The first-order valence-electron chi connectivity index (χ1n) is 13.6. The molecule has 36 heavy (non-hydrogen) atoms. The summed E-state index contributed by atoms with van der Waals surface area (Å²) < 4.78 is 5.34. The lowest BCUT2D eigenvalue weighted by molar-refractivity contribution is -0.161. The maximum absolute atomic E-state index is 13.4. The van der Waals surface area contributed by atoms with Gasteiger partial charge in [0.15, 0.2) is 0 Å². The third-order valence-corrected chi connectivity index (χ3v) is 7.84. The summed E-state index contributed by atoms with van der Waals surface area (Å²) in [6.07, 6.45) is 3.88. The van der Waals surface area contributed by atoms with Gasteiger partial charge in [-0.15, -0.1) is 0 Å². The molecule has 0 radical (unpaired) electrons. The average molecular weight is 499 g/mol. The highest BCUT2D eigenvalue weighted by Gasteiger charge is 2.53. The summed E-state index contributed by atoms with van der Waals surface area (Å²) in [7, 11) is 0. The van der Waals surface area contributed by atoms with Crippen LogP contribution in [0, 0.1) is 5.92 Å². The Hall–Kier alpha value is -2.45. The molecule has 8 nitrogen and oxygen atoms in total. The van der Waals surface area contributed by atoms with E-state index in [1.54, 1.807) is 0 Å². The second kappa shape index (κ2) is 11.7. The maximum atomic E-state index is 13.4. The molecule has 8 heteroatoms. The number of rotatable bonds is 8. The SMILES string of the molecule is CCCCN1C(=O)[C@H](CC(C)C)NC(=O)C12CCN(Cc1ccc(C(=O)N3CCOCC3)cc1)CC2. The van der Waals surface area contributed by atoms with E-state index in [1.807, 2.05) is 34.1 Å². The molecule has 0 saturated carbocycles.